The number of fused-ring (bicyclic) bond motifs is 2. The van der Waals surface area contributed by atoms with Gasteiger partial charge in [0.15, 0.2) is 0 Å². The lowest BCUT2D eigenvalue weighted by Crippen LogP contribution is -2.28. The van der Waals surface area contributed by atoms with E-state index in [1.54, 1.807) is 0 Å². The number of rotatable bonds is 1. The van der Waals surface area contributed by atoms with Crippen molar-refractivity contribution in [3.8, 4) is 0 Å². The second-order valence-corrected chi connectivity index (χ2v) is 4.20. The van der Waals surface area contributed by atoms with Gasteiger partial charge < -0.3 is 10.5 Å². The second-order valence-electron chi connectivity index (χ2n) is 4.20. The Morgan fingerprint density at radius 2 is 2.20 bits per heavy atom. The number of benzene rings is 1. The van der Waals surface area contributed by atoms with E-state index in [1.165, 1.54) is 22.3 Å². The standard InChI is InChI=1S/C13H15NO/c14-8-12-13-10(5-6-15-12)7-9-3-1-2-4-11(9)13/h1-4,12H,5-8,14H2. The molecule has 1 atom stereocenters. The Hall–Kier alpha value is -1.12. The summed E-state index contributed by atoms with van der Waals surface area (Å²) < 4.78 is 5.72. The third kappa shape index (κ3) is 1.33. The lowest BCUT2D eigenvalue weighted by molar-refractivity contribution is 0.0906. The minimum atomic E-state index is 0.123. The van der Waals surface area contributed by atoms with E-state index in [-0.39, 0.29) is 6.10 Å². The van der Waals surface area contributed by atoms with E-state index in [0.29, 0.717) is 6.54 Å². The van der Waals surface area contributed by atoms with Crippen LogP contribution in [0.3, 0.4) is 0 Å². The molecule has 15 heavy (non-hydrogen) atoms. The zero-order chi connectivity index (χ0) is 10.3. The van der Waals surface area contributed by atoms with Gasteiger partial charge in [0.2, 0.25) is 0 Å². The minimum Gasteiger partial charge on any atom is -0.372 e. The van der Waals surface area contributed by atoms with Gasteiger partial charge in [0, 0.05) is 6.54 Å². The first-order valence-electron chi connectivity index (χ1n) is 5.52. The third-order valence-corrected chi connectivity index (χ3v) is 3.35. The first kappa shape index (κ1) is 9.13. The number of hydrogen-bond donors (Lipinski definition) is 1. The highest BCUT2D eigenvalue weighted by Gasteiger charge is 2.29. The zero-order valence-corrected chi connectivity index (χ0v) is 8.70. The molecule has 0 saturated heterocycles. The van der Waals surface area contributed by atoms with Crippen LogP contribution >= 0.6 is 0 Å². The van der Waals surface area contributed by atoms with Crippen LogP contribution in [0.1, 0.15) is 17.5 Å². The maximum Gasteiger partial charge on any atom is 0.0952 e. The molecule has 1 aliphatic heterocycles. The van der Waals surface area contributed by atoms with Crippen molar-refractivity contribution >= 4 is 5.57 Å². The van der Waals surface area contributed by atoms with Gasteiger partial charge in [-0.1, -0.05) is 29.8 Å². The van der Waals surface area contributed by atoms with E-state index >= 15 is 0 Å². The smallest absolute Gasteiger partial charge is 0.0952 e. The molecule has 0 aromatic heterocycles. The molecule has 2 heteroatoms. The van der Waals surface area contributed by atoms with Gasteiger partial charge in [-0.2, -0.15) is 0 Å². The van der Waals surface area contributed by atoms with Gasteiger partial charge in [-0.15, -0.1) is 0 Å². The van der Waals surface area contributed by atoms with Gasteiger partial charge in [-0.05, 0) is 29.5 Å². The van der Waals surface area contributed by atoms with E-state index in [2.05, 4.69) is 24.3 Å². The Morgan fingerprint density at radius 1 is 1.33 bits per heavy atom. The molecule has 1 heterocycles. The fraction of sp³-hybridized carbons (Fsp3) is 0.385. The molecule has 0 radical (unpaired) electrons. The molecule has 2 nitrogen and oxygen atoms in total. The quantitative estimate of drug-likeness (QED) is 0.751. The highest BCUT2D eigenvalue weighted by atomic mass is 16.5. The van der Waals surface area contributed by atoms with Gasteiger partial charge >= 0.3 is 0 Å². The SMILES string of the molecule is NCC1OCCC2=C1c1ccccc1C2. The molecule has 2 aliphatic rings. The summed E-state index contributed by atoms with van der Waals surface area (Å²) in [6, 6.07) is 8.60. The summed E-state index contributed by atoms with van der Waals surface area (Å²) in [7, 11) is 0. The van der Waals surface area contributed by atoms with Crippen molar-refractivity contribution in [2.24, 2.45) is 5.73 Å². The molecule has 0 bridgehead atoms. The molecule has 1 aliphatic carbocycles. The van der Waals surface area contributed by atoms with Crippen molar-refractivity contribution < 1.29 is 4.74 Å². The highest BCUT2D eigenvalue weighted by Crippen LogP contribution is 2.39. The van der Waals surface area contributed by atoms with Crippen molar-refractivity contribution in [1.82, 2.24) is 0 Å². The molecule has 1 aromatic carbocycles. The third-order valence-electron chi connectivity index (χ3n) is 3.35. The molecule has 0 saturated carbocycles. The van der Waals surface area contributed by atoms with E-state index in [1.807, 2.05) is 0 Å². The number of nitrogens with two attached hydrogens (primary N) is 1. The molecule has 0 fully saturated rings. The predicted molar refractivity (Wildman–Crippen MR) is 60.5 cm³/mol. The van der Waals surface area contributed by atoms with Crippen LogP contribution in [0.2, 0.25) is 0 Å². The van der Waals surface area contributed by atoms with Gasteiger partial charge in [-0.25, -0.2) is 0 Å². The van der Waals surface area contributed by atoms with Crippen LogP contribution in [-0.2, 0) is 11.2 Å². The van der Waals surface area contributed by atoms with E-state index < -0.39 is 0 Å². The van der Waals surface area contributed by atoms with Gasteiger partial charge in [0.25, 0.3) is 0 Å². The molecule has 0 amide bonds. The Labute approximate surface area is 89.7 Å². The maximum atomic E-state index is 5.76. The highest BCUT2D eigenvalue weighted by molar-refractivity contribution is 5.79. The predicted octanol–water partition coefficient (Wildman–Crippen LogP) is 1.74. The lowest BCUT2D eigenvalue weighted by atomic mass is 9.97. The fourth-order valence-electron chi connectivity index (χ4n) is 2.67. The van der Waals surface area contributed by atoms with Crippen molar-refractivity contribution in [3.63, 3.8) is 0 Å². The summed E-state index contributed by atoms with van der Waals surface area (Å²) in [5, 5.41) is 0. The average molecular weight is 201 g/mol. The molecular weight excluding hydrogens is 186 g/mol. The summed E-state index contributed by atoms with van der Waals surface area (Å²) in [5.74, 6) is 0. The van der Waals surface area contributed by atoms with Crippen LogP contribution in [-0.4, -0.2) is 19.3 Å². The summed E-state index contributed by atoms with van der Waals surface area (Å²) in [6.45, 7) is 1.42. The Kier molecular flexibility index (Phi) is 2.11. The summed E-state index contributed by atoms with van der Waals surface area (Å²) in [4.78, 5) is 0. The lowest BCUT2D eigenvalue weighted by Gasteiger charge is -2.24. The number of hydrogen-bond acceptors (Lipinski definition) is 2. The van der Waals surface area contributed by atoms with E-state index in [0.717, 1.165) is 19.4 Å². The van der Waals surface area contributed by atoms with Crippen LogP contribution in [0.5, 0.6) is 0 Å². The molecule has 0 spiro atoms. The van der Waals surface area contributed by atoms with Gasteiger partial charge in [0.1, 0.15) is 0 Å². The first-order valence-corrected chi connectivity index (χ1v) is 5.52. The molecule has 1 aromatic rings. The van der Waals surface area contributed by atoms with Crippen molar-refractivity contribution in [1.29, 1.82) is 0 Å². The Bertz CT molecular complexity index is 422. The van der Waals surface area contributed by atoms with Crippen molar-refractivity contribution in [2.45, 2.75) is 18.9 Å². The van der Waals surface area contributed by atoms with Crippen LogP contribution < -0.4 is 5.73 Å². The number of ether oxygens (including phenoxy) is 1. The second kappa shape index (κ2) is 3.47. The Balaban J connectivity index is 2.09. The summed E-state index contributed by atoms with van der Waals surface area (Å²) in [6.07, 6.45) is 2.30. The van der Waals surface area contributed by atoms with Crippen LogP contribution in [0, 0.1) is 0 Å². The van der Waals surface area contributed by atoms with Crippen molar-refractivity contribution in [2.75, 3.05) is 13.2 Å². The molecule has 3 rings (SSSR count). The van der Waals surface area contributed by atoms with Gasteiger partial charge in [0.05, 0.1) is 12.7 Å². The summed E-state index contributed by atoms with van der Waals surface area (Å²) >= 11 is 0. The monoisotopic (exact) mass is 201 g/mol. The first-order chi connectivity index (χ1) is 7.40. The topological polar surface area (TPSA) is 35.2 Å². The van der Waals surface area contributed by atoms with E-state index in [9.17, 15) is 0 Å². The van der Waals surface area contributed by atoms with Crippen molar-refractivity contribution in [3.05, 3.63) is 41.0 Å². The molecule has 78 valence electrons. The molecule has 1 unspecified atom stereocenters. The Morgan fingerprint density at radius 3 is 3.07 bits per heavy atom. The minimum absolute atomic E-state index is 0.123. The normalized spacial score (nSPS) is 23.9. The summed E-state index contributed by atoms with van der Waals surface area (Å²) in [5.41, 5.74) is 11.5. The van der Waals surface area contributed by atoms with Crippen LogP contribution in [0.25, 0.3) is 5.57 Å². The largest absolute Gasteiger partial charge is 0.372 e. The van der Waals surface area contributed by atoms with Crippen LogP contribution in [0.15, 0.2) is 29.8 Å². The van der Waals surface area contributed by atoms with Gasteiger partial charge in [-0.3, -0.25) is 0 Å². The van der Waals surface area contributed by atoms with E-state index in [4.69, 9.17) is 10.5 Å². The fourth-order valence-corrected chi connectivity index (χ4v) is 2.67. The maximum absolute atomic E-state index is 5.76. The average Bonchev–Trinajstić information content (AvgIpc) is 2.67. The molecular formula is C13H15NO. The molecule has 2 N–H and O–H groups in total. The zero-order valence-electron chi connectivity index (χ0n) is 8.70. The van der Waals surface area contributed by atoms with Crippen LogP contribution in [0.4, 0.5) is 0 Å².